The van der Waals surface area contributed by atoms with Crippen LogP contribution in [0.1, 0.15) is 25.7 Å². The molecule has 0 bridgehead atoms. The van der Waals surface area contributed by atoms with Crippen molar-refractivity contribution in [1.29, 1.82) is 0 Å². The minimum absolute atomic E-state index is 0.238. The van der Waals surface area contributed by atoms with Crippen molar-refractivity contribution in [3.05, 3.63) is 31.9 Å². The molecule has 0 saturated carbocycles. The highest BCUT2D eigenvalue weighted by Gasteiger charge is 2.35. The van der Waals surface area contributed by atoms with E-state index in [-0.39, 0.29) is 10.6 Å². The molecule has 1 N–H and O–H groups in total. The summed E-state index contributed by atoms with van der Waals surface area (Å²) in [6, 6.07) is 6.42. The summed E-state index contributed by atoms with van der Waals surface area (Å²) in [5, 5.41) is 14.9. The smallest absolute Gasteiger partial charge is 0.293 e. The first kappa shape index (κ1) is 14.1. The number of nitrogens with one attached hydrogen (secondary N) is 1. The fourth-order valence-corrected chi connectivity index (χ4v) is 3.91. The second-order valence-corrected chi connectivity index (χ2v) is 6.74. The molecule has 5 nitrogen and oxygen atoms in total. The van der Waals surface area contributed by atoms with Crippen molar-refractivity contribution in [2.45, 2.75) is 37.8 Å². The number of nitrogens with zero attached hydrogens (tertiary/aromatic N) is 2. The zero-order chi connectivity index (χ0) is 14.1. The van der Waals surface area contributed by atoms with Gasteiger partial charge in [-0.25, -0.2) is 0 Å². The zero-order valence-corrected chi connectivity index (χ0v) is 13.4. The number of hydrogen-bond donors (Lipinski definition) is 1. The molecule has 1 aromatic carbocycles. The predicted octanol–water partition coefficient (Wildman–Crippen LogP) is 2.92. The lowest BCUT2D eigenvalue weighted by Crippen LogP contribution is -2.44. The fourth-order valence-electron chi connectivity index (χ4n) is 3.44. The van der Waals surface area contributed by atoms with E-state index in [0.717, 1.165) is 35.2 Å². The molecular weight excluding hydrogens is 369 g/mol. The van der Waals surface area contributed by atoms with Gasteiger partial charge in [-0.2, -0.15) is 0 Å². The number of halogens is 1. The lowest BCUT2D eigenvalue weighted by Gasteiger charge is -2.31. The summed E-state index contributed by atoms with van der Waals surface area (Å²) in [5.74, 6) is 0. The number of nitro groups is 1. The Kier molecular flexibility index (Phi) is 4.11. The van der Waals surface area contributed by atoms with E-state index < -0.39 is 0 Å². The summed E-state index contributed by atoms with van der Waals surface area (Å²) in [7, 11) is 0. The summed E-state index contributed by atoms with van der Waals surface area (Å²) in [5.41, 5.74) is 1.02. The number of anilines is 1. The molecule has 2 saturated heterocycles. The van der Waals surface area contributed by atoms with Crippen LogP contribution in [0.4, 0.5) is 11.4 Å². The molecule has 1 aromatic rings. The zero-order valence-electron chi connectivity index (χ0n) is 11.2. The molecule has 2 aliphatic heterocycles. The van der Waals surface area contributed by atoms with Crippen molar-refractivity contribution in [3.63, 3.8) is 0 Å². The molecule has 0 aromatic heterocycles. The van der Waals surface area contributed by atoms with E-state index in [1.807, 2.05) is 12.1 Å². The van der Waals surface area contributed by atoms with Gasteiger partial charge in [0.25, 0.3) is 5.69 Å². The van der Waals surface area contributed by atoms with Gasteiger partial charge in [0.1, 0.15) is 5.69 Å². The average molecular weight is 387 g/mol. The minimum Gasteiger partial charge on any atom is -0.361 e. The third-order valence-electron chi connectivity index (χ3n) is 4.31. The van der Waals surface area contributed by atoms with Gasteiger partial charge in [0.2, 0.25) is 0 Å². The first-order valence-corrected chi connectivity index (χ1v) is 8.18. The second-order valence-electron chi connectivity index (χ2n) is 5.50. The topological polar surface area (TPSA) is 58.4 Å². The Morgan fingerprint density at radius 3 is 2.90 bits per heavy atom. The highest BCUT2D eigenvalue weighted by Crippen LogP contribution is 2.36. The maximum absolute atomic E-state index is 11.3. The van der Waals surface area contributed by atoms with Crippen molar-refractivity contribution >= 4 is 34.0 Å². The minimum atomic E-state index is -0.255. The van der Waals surface area contributed by atoms with Crippen LogP contribution in [0.2, 0.25) is 0 Å². The number of rotatable bonds is 3. The van der Waals surface area contributed by atoms with Gasteiger partial charge in [0, 0.05) is 28.3 Å². The summed E-state index contributed by atoms with van der Waals surface area (Å²) < 4.78 is 0.910. The Morgan fingerprint density at radius 2 is 2.20 bits per heavy atom. The van der Waals surface area contributed by atoms with Crippen molar-refractivity contribution in [1.82, 2.24) is 5.32 Å². The summed E-state index contributed by atoms with van der Waals surface area (Å²) >= 11 is 2.13. The molecule has 2 fully saturated rings. The summed E-state index contributed by atoms with van der Waals surface area (Å²) in [6.45, 7) is 1.99. The molecule has 20 heavy (non-hydrogen) atoms. The fraction of sp³-hybridized carbons (Fsp3) is 0.571. The quantitative estimate of drug-likeness (QED) is 0.492. The third-order valence-corrected chi connectivity index (χ3v) is 4.98. The molecule has 6 heteroatoms. The summed E-state index contributed by atoms with van der Waals surface area (Å²) in [4.78, 5) is 13.3. The Labute approximate surface area is 132 Å². The normalized spacial score (nSPS) is 26.1. The Hall–Kier alpha value is -0.890. The van der Waals surface area contributed by atoms with Gasteiger partial charge in [0.15, 0.2) is 0 Å². The van der Waals surface area contributed by atoms with E-state index in [9.17, 15) is 10.1 Å². The van der Waals surface area contributed by atoms with Crippen LogP contribution in [0.3, 0.4) is 0 Å². The first-order chi connectivity index (χ1) is 9.66. The van der Waals surface area contributed by atoms with Crippen LogP contribution in [-0.4, -0.2) is 30.1 Å². The Morgan fingerprint density at radius 1 is 1.35 bits per heavy atom. The molecule has 0 amide bonds. The molecule has 2 aliphatic rings. The van der Waals surface area contributed by atoms with Gasteiger partial charge >= 0.3 is 0 Å². The first-order valence-electron chi connectivity index (χ1n) is 7.11. The SMILES string of the molecule is O=[N+]([O-])c1cc(I)ccc1N1CCCC1C1CCCN1. The van der Waals surface area contributed by atoms with Gasteiger partial charge in [0.05, 0.1) is 4.92 Å². The molecule has 0 radical (unpaired) electrons. The lowest BCUT2D eigenvalue weighted by molar-refractivity contribution is -0.384. The number of benzene rings is 1. The predicted molar refractivity (Wildman–Crippen MR) is 87.2 cm³/mol. The Bertz CT molecular complexity index is 517. The van der Waals surface area contributed by atoms with Crippen LogP contribution in [-0.2, 0) is 0 Å². The number of nitro benzene ring substituents is 1. The highest BCUT2D eigenvalue weighted by atomic mass is 127. The van der Waals surface area contributed by atoms with Crippen molar-refractivity contribution in [2.75, 3.05) is 18.0 Å². The molecule has 0 spiro atoms. The van der Waals surface area contributed by atoms with Gasteiger partial charge in [-0.3, -0.25) is 10.1 Å². The van der Waals surface area contributed by atoms with Gasteiger partial charge < -0.3 is 10.2 Å². The molecule has 2 unspecified atom stereocenters. The van der Waals surface area contributed by atoms with Crippen LogP contribution in [0, 0.1) is 13.7 Å². The monoisotopic (exact) mass is 387 g/mol. The molecule has 108 valence electrons. The van der Waals surface area contributed by atoms with Crippen LogP contribution in [0.25, 0.3) is 0 Å². The van der Waals surface area contributed by atoms with Crippen LogP contribution in [0.5, 0.6) is 0 Å². The Balaban J connectivity index is 1.92. The summed E-state index contributed by atoms with van der Waals surface area (Å²) in [6.07, 6.45) is 4.63. The van der Waals surface area contributed by atoms with Crippen LogP contribution in [0.15, 0.2) is 18.2 Å². The van der Waals surface area contributed by atoms with Gasteiger partial charge in [-0.05, 0) is 67.0 Å². The van der Waals surface area contributed by atoms with E-state index >= 15 is 0 Å². The molecular formula is C14H18IN3O2. The average Bonchev–Trinajstić information content (AvgIpc) is 3.09. The van der Waals surface area contributed by atoms with Crippen LogP contribution >= 0.6 is 22.6 Å². The van der Waals surface area contributed by atoms with E-state index in [0.29, 0.717) is 12.1 Å². The molecule has 2 atom stereocenters. The lowest BCUT2D eigenvalue weighted by atomic mass is 10.0. The standard InChI is InChI=1S/C14H18IN3O2/c15-10-5-6-13(14(9-10)18(19)20)17-8-2-4-12(17)11-3-1-7-16-11/h5-6,9,11-12,16H,1-4,7-8H2. The van der Waals surface area contributed by atoms with Crippen LogP contribution < -0.4 is 10.2 Å². The van der Waals surface area contributed by atoms with E-state index in [2.05, 4.69) is 32.8 Å². The maximum atomic E-state index is 11.3. The third kappa shape index (κ3) is 2.63. The second kappa shape index (κ2) is 5.85. The largest absolute Gasteiger partial charge is 0.361 e. The van der Waals surface area contributed by atoms with E-state index in [1.54, 1.807) is 6.07 Å². The van der Waals surface area contributed by atoms with Crippen molar-refractivity contribution in [3.8, 4) is 0 Å². The molecule has 2 heterocycles. The van der Waals surface area contributed by atoms with Crippen molar-refractivity contribution in [2.24, 2.45) is 0 Å². The highest BCUT2D eigenvalue weighted by molar-refractivity contribution is 14.1. The van der Waals surface area contributed by atoms with E-state index in [1.165, 1.54) is 12.8 Å². The van der Waals surface area contributed by atoms with Gasteiger partial charge in [-0.1, -0.05) is 0 Å². The molecule has 3 rings (SSSR count). The maximum Gasteiger partial charge on any atom is 0.293 e. The van der Waals surface area contributed by atoms with Gasteiger partial charge in [-0.15, -0.1) is 0 Å². The van der Waals surface area contributed by atoms with Crippen molar-refractivity contribution < 1.29 is 4.92 Å². The van der Waals surface area contributed by atoms with E-state index in [4.69, 9.17) is 0 Å². The molecule has 0 aliphatic carbocycles. The number of hydrogen-bond acceptors (Lipinski definition) is 4.